The number of pyridine rings is 1. The molecule has 0 spiro atoms. The van der Waals surface area contributed by atoms with Gasteiger partial charge in [-0.2, -0.15) is 0 Å². The Kier molecular flexibility index (Phi) is 2.77. The van der Waals surface area contributed by atoms with E-state index in [0.29, 0.717) is 5.69 Å². The third-order valence-corrected chi connectivity index (χ3v) is 4.45. The van der Waals surface area contributed by atoms with Gasteiger partial charge in [0.05, 0.1) is 11.7 Å². The first-order chi connectivity index (χ1) is 10.2. The fourth-order valence-electron chi connectivity index (χ4n) is 3.52. The molecule has 1 aliphatic heterocycles. The van der Waals surface area contributed by atoms with Gasteiger partial charge in [0, 0.05) is 24.4 Å². The zero-order chi connectivity index (χ0) is 14.4. The lowest BCUT2D eigenvalue weighted by Gasteiger charge is -2.37. The Morgan fingerprint density at radius 1 is 1.14 bits per heavy atom. The smallest absolute Gasteiger partial charge is 0.149 e. The molecule has 3 atom stereocenters. The van der Waals surface area contributed by atoms with Crippen LogP contribution < -0.4 is 5.32 Å². The van der Waals surface area contributed by atoms with Crippen molar-refractivity contribution < 1.29 is 8.78 Å². The van der Waals surface area contributed by atoms with Gasteiger partial charge in [0.15, 0.2) is 0 Å². The molecule has 2 aromatic rings. The summed E-state index contributed by atoms with van der Waals surface area (Å²) in [4.78, 5) is 4.03. The predicted octanol–water partition coefficient (Wildman–Crippen LogP) is 4.19. The van der Waals surface area contributed by atoms with Gasteiger partial charge in [-0.15, -0.1) is 0 Å². The van der Waals surface area contributed by atoms with E-state index in [4.69, 9.17) is 0 Å². The van der Waals surface area contributed by atoms with Gasteiger partial charge >= 0.3 is 0 Å². The van der Waals surface area contributed by atoms with E-state index in [0.717, 1.165) is 23.6 Å². The summed E-state index contributed by atoms with van der Waals surface area (Å²) < 4.78 is 27.7. The van der Waals surface area contributed by atoms with Crippen molar-refractivity contribution in [3.8, 4) is 0 Å². The van der Waals surface area contributed by atoms with E-state index in [1.807, 2.05) is 12.1 Å². The molecule has 1 N–H and O–H groups in total. The molecule has 1 aromatic carbocycles. The largest absolute Gasteiger partial charge is 0.375 e. The summed E-state index contributed by atoms with van der Waals surface area (Å²) in [5.41, 5.74) is 2.22. The van der Waals surface area contributed by atoms with Crippen LogP contribution >= 0.6 is 0 Å². The van der Waals surface area contributed by atoms with Crippen LogP contribution in [0.25, 0.3) is 0 Å². The zero-order valence-electron chi connectivity index (χ0n) is 11.3. The van der Waals surface area contributed by atoms with E-state index in [1.54, 1.807) is 12.4 Å². The Labute approximate surface area is 121 Å². The Morgan fingerprint density at radius 3 is 2.76 bits per heavy atom. The van der Waals surface area contributed by atoms with Crippen LogP contribution in [0.5, 0.6) is 0 Å². The molecular weight excluding hydrogens is 270 g/mol. The molecule has 4 rings (SSSR count). The van der Waals surface area contributed by atoms with Crippen molar-refractivity contribution in [1.82, 2.24) is 4.98 Å². The number of hydrogen-bond acceptors (Lipinski definition) is 2. The van der Waals surface area contributed by atoms with E-state index in [9.17, 15) is 8.78 Å². The van der Waals surface area contributed by atoms with E-state index in [1.165, 1.54) is 6.07 Å². The number of anilines is 1. The lowest BCUT2D eigenvalue weighted by Crippen LogP contribution is -2.29. The first-order valence-corrected chi connectivity index (χ1v) is 7.06. The highest BCUT2D eigenvalue weighted by Crippen LogP contribution is 2.50. The fraction of sp³-hybridized carbons (Fsp3) is 0.235. The van der Waals surface area contributed by atoms with Crippen molar-refractivity contribution >= 4 is 5.69 Å². The average Bonchev–Trinajstić information content (AvgIpc) is 2.97. The minimum Gasteiger partial charge on any atom is -0.375 e. The number of benzene rings is 1. The number of aromatic nitrogens is 1. The van der Waals surface area contributed by atoms with Crippen molar-refractivity contribution in [2.45, 2.75) is 18.4 Å². The molecular formula is C17H14F2N2. The maximum absolute atomic E-state index is 14.1. The number of fused-ring (bicyclic) bond motifs is 3. The Morgan fingerprint density at radius 2 is 1.95 bits per heavy atom. The Bertz CT molecular complexity index is 712. The molecule has 1 aromatic heterocycles. The first kappa shape index (κ1) is 12.5. The highest BCUT2D eigenvalue weighted by Gasteiger charge is 2.39. The van der Waals surface area contributed by atoms with Gasteiger partial charge < -0.3 is 5.32 Å². The van der Waals surface area contributed by atoms with Crippen LogP contribution in [0.1, 0.15) is 29.5 Å². The molecule has 0 bridgehead atoms. The summed E-state index contributed by atoms with van der Waals surface area (Å²) in [6.45, 7) is 0. The molecule has 106 valence electrons. The van der Waals surface area contributed by atoms with Crippen LogP contribution in [-0.2, 0) is 0 Å². The van der Waals surface area contributed by atoms with Crippen LogP contribution in [0.15, 0.2) is 48.8 Å². The van der Waals surface area contributed by atoms with Crippen LogP contribution in [0.4, 0.5) is 14.5 Å². The number of halogens is 2. The van der Waals surface area contributed by atoms with Crippen molar-refractivity contribution in [1.29, 1.82) is 0 Å². The molecule has 0 unspecified atom stereocenters. The molecule has 2 heterocycles. The molecule has 0 radical (unpaired) electrons. The second-order valence-electron chi connectivity index (χ2n) is 5.61. The van der Waals surface area contributed by atoms with Crippen molar-refractivity contribution in [3.05, 3.63) is 71.6 Å². The molecule has 4 heteroatoms. The number of rotatable bonds is 1. The second-order valence-corrected chi connectivity index (χ2v) is 5.61. The fourth-order valence-corrected chi connectivity index (χ4v) is 3.52. The van der Waals surface area contributed by atoms with Crippen LogP contribution in [0.3, 0.4) is 0 Å². The van der Waals surface area contributed by atoms with Gasteiger partial charge in [0.2, 0.25) is 0 Å². The van der Waals surface area contributed by atoms with E-state index >= 15 is 0 Å². The summed E-state index contributed by atoms with van der Waals surface area (Å²) in [6.07, 6.45) is 8.55. The quantitative estimate of drug-likeness (QED) is 0.794. The average molecular weight is 284 g/mol. The second kappa shape index (κ2) is 4.65. The zero-order valence-corrected chi connectivity index (χ0v) is 11.3. The van der Waals surface area contributed by atoms with Crippen LogP contribution in [0, 0.1) is 17.6 Å². The van der Waals surface area contributed by atoms with E-state index in [2.05, 4.69) is 22.5 Å². The summed E-state index contributed by atoms with van der Waals surface area (Å²) in [5, 5.41) is 3.27. The lowest BCUT2D eigenvalue weighted by molar-refractivity contribution is 0.418. The highest BCUT2D eigenvalue weighted by atomic mass is 19.1. The van der Waals surface area contributed by atoms with Gasteiger partial charge in [-0.05, 0) is 41.7 Å². The number of allylic oxidation sites excluding steroid dienone is 2. The molecule has 2 aliphatic rings. The number of hydrogen-bond donors (Lipinski definition) is 1. The van der Waals surface area contributed by atoms with Gasteiger partial charge in [-0.25, -0.2) is 8.78 Å². The van der Waals surface area contributed by atoms with Gasteiger partial charge in [0.25, 0.3) is 0 Å². The molecule has 0 amide bonds. The molecule has 1 aliphatic carbocycles. The normalized spacial score (nSPS) is 26.1. The Balaban J connectivity index is 1.84. The third-order valence-electron chi connectivity index (χ3n) is 4.45. The first-order valence-electron chi connectivity index (χ1n) is 7.06. The molecule has 0 saturated heterocycles. The standard InChI is InChI=1S/C17H14F2N2/c18-11-8-14-12-2-1-3-13(12)16(10-4-6-20-7-5-10)21-17(14)15(19)9-11/h1-2,4-9,12-13,16,21H,3H2/t12-,13+,16+/m1/s1. The monoisotopic (exact) mass is 284 g/mol. The van der Waals surface area contributed by atoms with Crippen molar-refractivity contribution in [2.24, 2.45) is 5.92 Å². The predicted molar refractivity (Wildman–Crippen MR) is 76.9 cm³/mol. The SMILES string of the molecule is Fc1cc(F)c2c(c1)[C@@H]1C=CC[C@@H]1[C@H](c1ccncc1)N2. The summed E-state index contributed by atoms with van der Waals surface area (Å²) in [7, 11) is 0. The minimum atomic E-state index is -0.525. The third kappa shape index (κ3) is 1.94. The number of nitrogens with zero attached hydrogens (tertiary/aromatic N) is 1. The van der Waals surface area contributed by atoms with Gasteiger partial charge in [-0.3, -0.25) is 4.98 Å². The van der Waals surface area contributed by atoms with Crippen LogP contribution in [-0.4, -0.2) is 4.98 Å². The van der Waals surface area contributed by atoms with E-state index < -0.39 is 11.6 Å². The lowest BCUT2D eigenvalue weighted by atomic mass is 9.77. The maximum atomic E-state index is 14.1. The molecule has 0 fully saturated rings. The summed E-state index contributed by atoms with van der Waals surface area (Å²) in [6, 6.07) is 6.29. The Hall–Kier alpha value is -2.23. The summed E-state index contributed by atoms with van der Waals surface area (Å²) >= 11 is 0. The highest BCUT2D eigenvalue weighted by molar-refractivity contribution is 5.60. The van der Waals surface area contributed by atoms with Crippen LogP contribution in [0.2, 0.25) is 0 Å². The van der Waals surface area contributed by atoms with E-state index in [-0.39, 0.29) is 17.9 Å². The molecule has 2 nitrogen and oxygen atoms in total. The maximum Gasteiger partial charge on any atom is 0.149 e. The summed E-state index contributed by atoms with van der Waals surface area (Å²) in [5.74, 6) is -0.706. The van der Waals surface area contributed by atoms with Crippen molar-refractivity contribution in [3.63, 3.8) is 0 Å². The minimum absolute atomic E-state index is 0.0143. The topological polar surface area (TPSA) is 24.9 Å². The van der Waals surface area contributed by atoms with Crippen molar-refractivity contribution in [2.75, 3.05) is 5.32 Å². The molecule has 0 saturated carbocycles. The molecule has 21 heavy (non-hydrogen) atoms. The van der Waals surface area contributed by atoms with Gasteiger partial charge in [0.1, 0.15) is 11.6 Å². The number of nitrogens with one attached hydrogen (secondary N) is 1. The van der Waals surface area contributed by atoms with Gasteiger partial charge in [-0.1, -0.05) is 12.2 Å².